The molecule has 0 aliphatic carbocycles. The highest BCUT2D eigenvalue weighted by Gasteiger charge is 2.34. The van der Waals surface area contributed by atoms with Crippen LogP contribution in [0.3, 0.4) is 0 Å². The van der Waals surface area contributed by atoms with Crippen molar-refractivity contribution in [1.29, 1.82) is 0 Å². The summed E-state index contributed by atoms with van der Waals surface area (Å²) in [4.78, 5) is 23.7. The van der Waals surface area contributed by atoms with Crippen LogP contribution in [-0.4, -0.2) is 54.8 Å². The van der Waals surface area contributed by atoms with Gasteiger partial charge >= 0.3 is 5.97 Å². The molecule has 3 aromatic rings. The van der Waals surface area contributed by atoms with Crippen molar-refractivity contribution >= 4 is 16.9 Å². The van der Waals surface area contributed by atoms with Crippen LogP contribution in [0.5, 0.6) is 5.75 Å². The van der Waals surface area contributed by atoms with Crippen molar-refractivity contribution in [2.45, 2.75) is 25.3 Å². The molecule has 0 unspecified atom stereocenters. The molecule has 1 saturated heterocycles. The Balaban J connectivity index is 1.43. The molecule has 7 nitrogen and oxygen atoms in total. The first-order chi connectivity index (χ1) is 18.8. The molecule has 10 heteroatoms. The summed E-state index contributed by atoms with van der Waals surface area (Å²) in [6.07, 6.45) is 3.63. The van der Waals surface area contributed by atoms with Gasteiger partial charge in [0.25, 0.3) is 0 Å². The predicted octanol–water partition coefficient (Wildman–Crippen LogP) is 4.71. The number of nitrogens with one attached hydrogen (secondary N) is 1. The van der Waals surface area contributed by atoms with E-state index in [0.717, 1.165) is 22.5 Å². The highest BCUT2D eigenvalue weighted by atomic mass is 19.2. The molecule has 1 aliphatic heterocycles. The van der Waals surface area contributed by atoms with Gasteiger partial charge in [0, 0.05) is 24.2 Å². The largest absolute Gasteiger partial charge is 0.497 e. The maximum atomic E-state index is 13.9. The number of likely N-dealkylation sites (tertiary alicyclic amines) is 1. The first-order valence-electron chi connectivity index (χ1n) is 12.6. The molecule has 1 aliphatic rings. The third-order valence-electron chi connectivity index (χ3n) is 7.12. The summed E-state index contributed by atoms with van der Waals surface area (Å²) < 4.78 is 46.1. The summed E-state index contributed by atoms with van der Waals surface area (Å²) in [6, 6.07) is 8.67. The normalized spacial score (nSPS) is 18.4. The number of rotatable bonds is 9. The molecular weight excluding hydrogens is 511 g/mol. The van der Waals surface area contributed by atoms with E-state index in [1.807, 2.05) is 29.2 Å². The number of halogens is 3. The van der Waals surface area contributed by atoms with E-state index >= 15 is 0 Å². The number of aliphatic carboxylic acids is 1. The Labute approximate surface area is 224 Å². The number of carboxylic acids is 1. The number of benzene rings is 2. The van der Waals surface area contributed by atoms with Crippen LogP contribution in [0.25, 0.3) is 10.9 Å². The maximum Gasteiger partial charge on any atom is 0.308 e. The Morgan fingerprint density at radius 3 is 2.79 bits per heavy atom. The van der Waals surface area contributed by atoms with Crippen molar-refractivity contribution < 1.29 is 32.6 Å². The monoisotopic (exact) mass is 541 g/mol. The van der Waals surface area contributed by atoms with Gasteiger partial charge in [0.1, 0.15) is 11.6 Å². The molecule has 0 saturated carbocycles. The number of pyridine rings is 1. The highest BCUT2D eigenvalue weighted by molar-refractivity contribution is 5.84. The molecule has 2 aromatic carbocycles. The molecule has 39 heavy (non-hydrogen) atoms. The summed E-state index contributed by atoms with van der Waals surface area (Å²) in [7, 11) is 3.15. The van der Waals surface area contributed by atoms with E-state index in [2.05, 4.69) is 22.3 Å². The average Bonchev–Trinajstić information content (AvgIpc) is 2.93. The number of ether oxygens (including phenoxy) is 1. The molecule has 2 heterocycles. The number of nitrogens with zero attached hydrogens (tertiary/aromatic N) is 2. The van der Waals surface area contributed by atoms with Crippen LogP contribution >= 0.6 is 0 Å². The quantitative estimate of drug-likeness (QED) is 0.231. The van der Waals surface area contributed by atoms with Gasteiger partial charge in [0.2, 0.25) is 0 Å². The van der Waals surface area contributed by atoms with Gasteiger partial charge in [-0.2, -0.15) is 5.48 Å². The number of hydrogen-bond donors (Lipinski definition) is 2. The van der Waals surface area contributed by atoms with E-state index in [4.69, 9.17) is 9.57 Å². The second-order valence-corrected chi connectivity index (χ2v) is 9.51. The van der Waals surface area contributed by atoms with Crippen molar-refractivity contribution in [3.05, 3.63) is 71.2 Å². The van der Waals surface area contributed by atoms with E-state index in [1.165, 1.54) is 0 Å². The number of hydrogen-bond acceptors (Lipinski definition) is 6. The lowest BCUT2D eigenvalue weighted by Crippen LogP contribution is -2.44. The maximum absolute atomic E-state index is 13.9. The lowest BCUT2D eigenvalue weighted by molar-refractivity contribution is -0.146. The minimum atomic E-state index is -1.30. The average molecular weight is 542 g/mol. The van der Waals surface area contributed by atoms with Gasteiger partial charge < -0.3 is 14.7 Å². The van der Waals surface area contributed by atoms with Crippen molar-refractivity contribution in [1.82, 2.24) is 15.4 Å². The molecular formula is C29H30F3N3O4. The first-order valence-corrected chi connectivity index (χ1v) is 12.6. The number of piperidine rings is 1. The second-order valence-electron chi connectivity index (χ2n) is 9.51. The van der Waals surface area contributed by atoms with Crippen LogP contribution in [-0.2, 0) is 9.63 Å². The zero-order chi connectivity index (χ0) is 27.9. The second kappa shape index (κ2) is 12.9. The van der Waals surface area contributed by atoms with Crippen LogP contribution in [0.2, 0.25) is 0 Å². The molecule has 0 radical (unpaired) electrons. The third-order valence-corrected chi connectivity index (χ3v) is 7.12. The number of aromatic nitrogens is 1. The molecule has 2 N–H and O–H groups in total. The first kappa shape index (κ1) is 28.4. The van der Waals surface area contributed by atoms with E-state index in [1.54, 1.807) is 20.4 Å². The Bertz CT molecular complexity index is 1390. The van der Waals surface area contributed by atoms with Crippen LogP contribution in [0.15, 0.2) is 42.6 Å². The fourth-order valence-electron chi connectivity index (χ4n) is 5.11. The zero-order valence-electron chi connectivity index (χ0n) is 21.7. The molecule has 1 aromatic heterocycles. The smallest absolute Gasteiger partial charge is 0.308 e. The fourth-order valence-corrected chi connectivity index (χ4v) is 5.11. The van der Waals surface area contributed by atoms with Gasteiger partial charge in [-0.05, 0) is 67.6 Å². The number of hydroxylamine groups is 1. The summed E-state index contributed by atoms with van der Waals surface area (Å²) in [5.74, 6) is 0.879. The lowest BCUT2D eigenvalue weighted by atomic mass is 9.81. The highest BCUT2D eigenvalue weighted by Crippen LogP contribution is 2.34. The molecule has 206 valence electrons. The third kappa shape index (κ3) is 6.87. The van der Waals surface area contributed by atoms with Crippen LogP contribution in [0, 0.1) is 41.1 Å². The van der Waals surface area contributed by atoms with Gasteiger partial charge in [0.05, 0.1) is 43.8 Å². The topological polar surface area (TPSA) is 83.9 Å². The zero-order valence-corrected chi connectivity index (χ0v) is 21.7. The molecule has 3 atom stereocenters. The summed E-state index contributed by atoms with van der Waals surface area (Å²) >= 11 is 0. The van der Waals surface area contributed by atoms with Crippen molar-refractivity contribution in [2.75, 3.05) is 33.9 Å². The van der Waals surface area contributed by atoms with Gasteiger partial charge in [-0.25, -0.2) is 13.2 Å². The van der Waals surface area contributed by atoms with Gasteiger partial charge in [-0.1, -0.05) is 11.8 Å². The number of fused-ring (bicyclic) bond motifs is 1. The van der Waals surface area contributed by atoms with Crippen LogP contribution < -0.4 is 10.2 Å². The van der Waals surface area contributed by atoms with E-state index < -0.39 is 29.3 Å². The Hall–Kier alpha value is -3.65. The summed E-state index contributed by atoms with van der Waals surface area (Å²) in [6.45, 7) is 1.03. The summed E-state index contributed by atoms with van der Waals surface area (Å²) in [5, 5.41) is 10.9. The van der Waals surface area contributed by atoms with Gasteiger partial charge in [-0.15, -0.1) is 0 Å². The molecule has 0 bridgehead atoms. The number of methoxy groups -OCH3 is 1. The van der Waals surface area contributed by atoms with Crippen LogP contribution in [0.4, 0.5) is 13.2 Å². The van der Waals surface area contributed by atoms with Crippen molar-refractivity contribution in [3.8, 4) is 17.6 Å². The van der Waals surface area contributed by atoms with Crippen molar-refractivity contribution in [3.63, 3.8) is 0 Å². The minimum Gasteiger partial charge on any atom is -0.497 e. The SMILES string of the molecule is CON[C@H](CC[C@@H]1CCN(CC#Cc2cc(F)cc(F)c2F)C[C@@H]1C(=O)O)c1ccnc2ccc(OC)cc12. The summed E-state index contributed by atoms with van der Waals surface area (Å²) in [5.41, 5.74) is 4.47. The lowest BCUT2D eigenvalue weighted by Gasteiger charge is -2.36. The fraction of sp³-hybridized carbons (Fsp3) is 0.379. The van der Waals surface area contributed by atoms with E-state index in [-0.39, 0.29) is 30.6 Å². The molecule has 0 spiro atoms. The number of carbonyl (C=O) groups is 1. The van der Waals surface area contributed by atoms with E-state index in [9.17, 15) is 23.1 Å². The van der Waals surface area contributed by atoms with Gasteiger partial charge in [-0.3, -0.25) is 14.7 Å². The predicted molar refractivity (Wildman–Crippen MR) is 139 cm³/mol. The Morgan fingerprint density at radius 2 is 2.05 bits per heavy atom. The van der Waals surface area contributed by atoms with Gasteiger partial charge in [0.15, 0.2) is 11.6 Å². The van der Waals surface area contributed by atoms with E-state index in [0.29, 0.717) is 37.6 Å². The standard InChI is InChI=1S/C29H30F3N3O4/c1-38-21-6-8-26-23(16-21)22(9-11-33-26)27(34-39-2)7-5-18-10-13-35(17-24(18)29(36)37)12-3-4-19-14-20(30)15-25(31)28(19)32/h6,8-9,11,14-16,18,24,27,34H,5,7,10,12-13,17H2,1-2H3,(H,36,37)/t18-,24+,27-/m1/s1. The molecule has 0 amide bonds. The number of carboxylic acid groups (broad SMARTS) is 1. The molecule has 1 fully saturated rings. The Morgan fingerprint density at radius 1 is 1.23 bits per heavy atom. The van der Waals surface area contributed by atoms with Crippen molar-refractivity contribution in [2.24, 2.45) is 11.8 Å². The van der Waals surface area contributed by atoms with Crippen LogP contribution in [0.1, 0.15) is 36.4 Å². The molecule has 4 rings (SSSR count). The minimum absolute atomic E-state index is 0.0785. The Kier molecular flexibility index (Phi) is 9.41.